The molecule has 0 spiro atoms. The second-order valence-corrected chi connectivity index (χ2v) is 8.78. The monoisotopic (exact) mass is 545 g/mol. The Morgan fingerprint density at radius 3 is 2.10 bits per heavy atom. The van der Waals surface area contributed by atoms with E-state index in [9.17, 15) is 9.59 Å². The van der Waals surface area contributed by atoms with E-state index in [0.29, 0.717) is 29.6 Å². The molecule has 10 heteroatoms. The third kappa shape index (κ3) is 7.76. The van der Waals surface area contributed by atoms with Gasteiger partial charge in [0.05, 0.1) is 27.9 Å². The number of ether oxygens (including phenoxy) is 4. The molecule has 2 amide bonds. The smallest absolute Gasteiger partial charge is 0.273 e. The van der Waals surface area contributed by atoms with Crippen molar-refractivity contribution in [1.82, 2.24) is 15.4 Å². The zero-order valence-electron chi connectivity index (χ0n) is 22.6. The van der Waals surface area contributed by atoms with Crippen molar-refractivity contribution in [2.24, 2.45) is 0 Å². The van der Waals surface area contributed by atoms with Crippen LogP contribution in [0.3, 0.4) is 0 Å². The number of nitrogens with zero attached hydrogens (tertiary/aromatic N) is 2. The first-order valence-corrected chi connectivity index (χ1v) is 12.5. The maximum atomic E-state index is 13.3. The van der Waals surface area contributed by atoms with Crippen LogP contribution in [0.4, 0.5) is 0 Å². The molecule has 0 aliphatic carbocycles. The van der Waals surface area contributed by atoms with Gasteiger partial charge in [-0.05, 0) is 47.5 Å². The van der Waals surface area contributed by atoms with Crippen molar-refractivity contribution in [3.63, 3.8) is 0 Å². The van der Waals surface area contributed by atoms with E-state index in [4.69, 9.17) is 23.5 Å². The van der Waals surface area contributed by atoms with Crippen molar-refractivity contribution in [2.45, 2.75) is 19.6 Å². The number of methoxy groups -OCH3 is 3. The number of hydrogen-bond acceptors (Lipinski definition) is 8. The Kier molecular flexibility index (Phi) is 9.60. The van der Waals surface area contributed by atoms with Crippen LogP contribution in [0.1, 0.15) is 27.4 Å². The van der Waals surface area contributed by atoms with E-state index in [-0.39, 0.29) is 31.3 Å². The van der Waals surface area contributed by atoms with Gasteiger partial charge in [0, 0.05) is 25.2 Å². The zero-order chi connectivity index (χ0) is 28.3. The lowest BCUT2D eigenvalue weighted by molar-refractivity contribution is -0.135. The number of hydrogen-bond donors (Lipinski definition) is 1. The molecule has 0 radical (unpaired) electrons. The number of carbonyl (C=O) groups excluding carboxylic acids is 2. The molecule has 1 N–H and O–H groups in total. The van der Waals surface area contributed by atoms with Gasteiger partial charge < -0.3 is 33.7 Å². The lowest BCUT2D eigenvalue weighted by Crippen LogP contribution is -2.34. The van der Waals surface area contributed by atoms with Gasteiger partial charge >= 0.3 is 0 Å². The number of nitrogens with one attached hydrogen (secondary N) is 1. The van der Waals surface area contributed by atoms with Gasteiger partial charge in [-0.2, -0.15) is 0 Å². The van der Waals surface area contributed by atoms with Crippen LogP contribution in [0.25, 0.3) is 0 Å². The van der Waals surface area contributed by atoms with E-state index in [1.807, 2.05) is 54.6 Å². The Balaban J connectivity index is 1.45. The SMILES string of the molecule is COc1ccc(CNC(=O)c2cc(CN(Cc3cc(OC)cc(OC)c3)C(=O)COc3ccccc3)on2)cc1. The van der Waals surface area contributed by atoms with Crippen molar-refractivity contribution >= 4 is 11.8 Å². The molecule has 4 aromatic rings. The summed E-state index contributed by atoms with van der Waals surface area (Å²) >= 11 is 0. The first kappa shape index (κ1) is 28.0. The molecule has 0 fully saturated rings. The Morgan fingerprint density at radius 2 is 1.45 bits per heavy atom. The third-order valence-corrected chi connectivity index (χ3v) is 5.99. The molecule has 208 valence electrons. The molecule has 0 aliphatic heterocycles. The largest absolute Gasteiger partial charge is 0.497 e. The van der Waals surface area contributed by atoms with Crippen molar-refractivity contribution in [1.29, 1.82) is 0 Å². The van der Waals surface area contributed by atoms with Crippen molar-refractivity contribution in [3.8, 4) is 23.0 Å². The summed E-state index contributed by atoms with van der Waals surface area (Å²) in [5, 5.41) is 6.72. The fourth-order valence-corrected chi connectivity index (χ4v) is 3.86. The Labute approximate surface area is 232 Å². The van der Waals surface area contributed by atoms with Crippen LogP contribution in [0.5, 0.6) is 23.0 Å². The molecule has 0 bridgehead atoms. The van der Waals surface area contributed by atoms with Gasteiger partial charge in [-0.1, -0.05) is 35.5 Å². The first-order valence-electron chi connectivity index (χ1n) is 12.5. The Bertz CT molecular complexity index is 1380. The maximum absolute atomic E-state index is 13.3. The molecule has 0 atom stereocenters. The van der Waals surface area contributed by atoms with Crippen molar-refractivity contribution < 1.29 is 33.1 Å². The summed E-state index contributed by atoms with van der Waals surface area (Å²) in [6, 6.07) is 23.4. The maximum Gasteiger partial charge on any atom is 0.273 e. The quantitative estimate of drug-likeness (QED) is 0.266. The van der Waals surface area contributed by atoms with E-state index in [0.717, 1.165) is 16.9 Å². The normalized spacial score (nSPS) is 10.5. The highest BCUT2D eigenvalue weighted by Crippen LogP contribution is 2.24. The van der Waals surface area contributed by atoms with E-state index in [1.54, 1.807) is 44.4 Å². The van der Waals surface area contributed by atoms with E-state index in [1.165, 1.54) is 6.07 Å². The second-order valence-electron chi connectivity index (χ2n) is 8.78. The van der Waals surface area contributed by atoms with Gasteiger partial charge in [0.1, 0.15) is 23.0 Å². The molecule has 40 heavy (non-hydrogen) atoms. The molecule has 1 aromatic heterocycles. The molecular weight excluding hydrogens is 514 g/mol. The topological polar surface area (TPSA) is 112 Å². The van der Waals surface area contributed by atoms with Crippen molar-refractivity contribution in [2.75, 3.05) is 27.9 Å². The fraction of sp³-hybridized carbons (Fsp3) is 0.233. The van der Waals surface area contributed by atoms with Gasteiger partial charge in [-0.3, -0.25) is 9.59 Å². The molecule has 1 heterocycles. The van der Waals surface area contributed by atoms with Crippen LogP contribution in [0.2, 0.25) is 0 Å². The average molecular weight is 546 g/mol. The molecule has 0 aliphatic rings. The van der Waals surface area contributed by atoms with E-state index in [2.05, 4.69) is 10.5 Å². The number of para-hydroxylation sites is 1. The number of amides is 2. The highest BCUT2D eigenvalue weighted by atomic mass is 16.5. The minimum atomic E-state index is -0.395. The van der Waals surface area contributed by atoms with Gasteiger partial charge in [-0.15, -0.1) is 0 Å². The van der Waals surface area contributed by atoms with Gasteiger partial charge in [0.15, 0.2) is 18.1 Å². The van der Waals surface area contributed by atoms with Crippen LogP contribution in [0.15, 0.2) is 83.4 Å². The number of benzene rings is 3. The highest BCUT2D eigenvalue weighted by Gasteiger charge is 2.20. The zero-order valence-corrected chi connectivity index (χ0v) is 22.6. The molecule has 0 saturated heterocycles. The molecule has 10 nitrogen and oxygen atoms in total. The van der Waals surface area contributed by atoms with Crippen LogP contribution >= 0.6 is 0 Å². The molecule has 0 unspecified atom stereocenters. The highest BCUT2D eigenvalue weighted by molar-refractivity contribution is 5.92. The standard InChI is InChI=1S/C30H31N3O7/c1-36-23-11-9-21(10-12-23)17-31-30(35)28-16-27(40-32-28)19-33(29(34)20-39-24-7-5-4-6-8-24)18-22-13-25(37-2)15-26(14-22)38-3/h4-16H,17-20H2,1-3H3,(H,31,35). The van der Waals surface area contributed by atoms with E-state index >= 15 is 0 Å². The summed E-state index contributed by atoms with van der Waals surface area (Å²) in [5.74, 6) is 2.17. The second kappa shape index (κ2) is 13.7. The van der Waals surface area contributed by atoms with Gasteiger partial charge in [0.2, 0.25) is 0 Å². The van der Waals surface area contributed by atoms with Crippen LogP contribution in [-0.4, -0.2) is 49.8 Å². The predicted octanol–water partition coefficient (Wildman–Crippen LogP) is 4.24. The summed E-state index contributed by atoms with van der Waals surface area (Å²) in [6.45, 7) is 0.401. The summed E-state index contributed by atoms with van der Waals surface area (Å²) in [5.41, 5.74) is 1.79. The number of aromatic nitrogens is 1. The summed E-state index contributed by atoms with van der Waals surface area (Å²) in [4.78, 5) is 27.5. The lowest BCUT2D eigenvalue weighted by atomic mass is 10.1. The molecule has 0 saturated carbocycles. The Morgan fingerprint density at radius 1 is 0.775 bits per heavy atom. The first-order chi connectivity index (χ1) is 19.5. The third-order valence-electron chi connectivity index (χ3n) is 5.99. The average Bonchev–Trinajstić information content (AvgIpc) is 3.47. The minimum Gasteiger partial charge on any atom is -0.497 e. The van der Waals surface area contributed by atoms with Gasteiger partial charge in [-0.25, -0.2) is 0 Å². The van der Waals surface area contributed by atoms with Crippen LogP contribution in [-0.2, 0) is 24.4 Å². The van der Waals surface area contributed by atoms with E-state index < -0.39 is 5.91 Å². The Hall–Kier alpha value is -4.99. The molecule has 3 aromatic carbocycles. The summed E-state index contributed by atoms with van der Waals surface area (Å²) < 4.78 is 27.0. The molecular formula is C30H31N3O7. The fourth-order valence-electron chi connectivity index (χ4n) is 3.86. The summed E-state index contributed by atoms with van der Waals surface area (Å²) in [7, 11) is 4.72. The predicted molar refractivity (Wildman–Crippen MR) is 146 cm³/mol. The summed E-state index contributed by atoms with van der Waals surface area (Å²) in [6.07, 6.45) is 0. The van der Waals surface area contributed by atoms with Crippen LogP contribution in [0, 0.1) is 0 Å². The molecule has 4 rings (SSSR count). The lowest BCUT2D eigenvalue weighted by Gasteiger charge is -2.22. The number of carbonyl (C=O) groups is 2. The minimum absolute atomic E-state index is 0.0648. The van der Waals surface area contributed by atoms with Crippen molar-refractivity contribution in [3.05, 3.63) is 101 Å². The van der Waals surface area contributed by atoms with Gasteiger partial charge in [0.25, 0.3) is 11.8 Å². The van der Waals surface area contributed by atoms with Crippen LogP contribution < -0.4 is 24.3 Å². The number of rotatable bonds is 13.